The average Bonchev–Trinajstić information content (AvgIpc) is 2.73. The number of hydrogen-bond donors (Lipinski definition) is 1. The number of H-pyrrole nitrogens is 1. The third-order valence-electron chi connectivity index (χ3n) is 2.78. The number of aromatic nitrogens is 3. The molecule has 0 saturated heterocycles. The highest BCUT2D eigenvalue weighted by Crippen LogP contribution is 2.21. The SMILES string of the molecule is CC=Cn1cnc2ccc3cc[nH]c(=O)c3c21. The first kappa shape index (κ1) is 9.84. The molecule has 17 heavy (non-hydrogen) atoms. The zero-order valence-corrected chi connectivity index (χ0v) is 9.34. The van der Waals surface area contributed by atoms with E-state index in [4.69, 9.17) is 0 Å². The van der Waals surface area contributed by atoms with Gasteiger partial charge >= 0.3 is 0 Å². The number of nitrogens with zero attached hydrogens (tertiary/aromatic N) is 2. The quantitative estimate of drug-likeness (QED) is 0.691. The first-order valence-electron chi connectivity index (χ1n) is 5.41. The highest BCUT2D eigenvalue weighted by molar-refractivity contribution is 6.04. The number of rotatable bonds is 1. The van der Waals surface area contributed by atoms with Gasteiger partial charge in [-0.25, -0.2) is 4.98 Å². The second-order valence-electron chi connectivity index (χ2n) is 3.84. The highest BCUT2D eigenvalue weighted by atomic mass is 16.1. The van der Waals surface area contributed by atoms with Crippen molar-refractivity contribution >= 4 is 28.0 Å². The van der Waals surface area contributed by atoms with E-state index in [2.05, 4.69) is 9.97 Å². The Labute approximate surface area is 97.2 Å². The van der Waals surface area contributed by atoms with Gasteiger partial charge in [-0.3, -0.25) is 4.79 Å². The van der Waals surface area contributed by atoms with Crippen LogP contribution in [0.5, 0.6) is 0 Å². The molecule has 0 aliphatic carbocycles. The molecule has 1 N–H and O–H groups in total. The lowest BCUT2D eigenvalue weighted by Crippen LogP contribution is -2.05. The fourth-order valence-electron chi connectivity index (χ4n) is 2.07. The predicted molar refractivity (Wildman–Crippen MR) is 68.9 cm³/mol. The number of fused-ring (bicyclic) bond motifs is 3. The van der Waals surface area contributed by atoms with Crippen molar-refractivity contribution in [2.75, 3.05) is 0 Å². The minimum atomic E-state index is -0.0839. The Kier molecular flexibility index (Phi) is 2.08. The summed E-state index contributed by atoms with van der Waals surface area (Å²) in [6, 6.07) is 5.74. The summed E-state index contributed by atoms with van der Waals surface area (Å²) in [5.41, 5.74) is 1.59. The molecule has 2 aromatic heterocycles. The van der Waals surface area contributed by atoms with E-state index in [1.54, 1.807) is 12.5 Å². The maximum Gasteiger partial charge on any atom is 0.258 e. The third kappa shape index (κ3) is 1.38. The summed E-state index contributed by atoms with van der Waals surface area (Å²) in [6.07, 6.45) is 7.18. The molecule has 2 heterocycles. The van der Waals surface area contributed by atoms with E-state index in [0.717, 1.165) is 16.4 Å². The van der Waals surface area contributed by atoms with Gasteiger partial charge in [0, 0.05) is 12.4 Å². The molecule has 0 unspecified atom stereocenters. The first-order valence-corrected chi connectivity index (χ1v) is 5.41. The van der Waals surface area contributed by atoms with E-state index in [1.165, 1.54) is 0 Å². The molecule has 1 aromatic carbocycles. The number of hydrogen-bond acceptors (Lipinski definition) is 2. The molecular formula is C13H11N3O. The summed E-state index contributed by atoms with van der Waals surface area (Å²) in [5.74, 6) is 0. The van der Waals surface area contributed by atoms with Gasteiger partial charge in [-0.15, -0.1) is 0 Å². The highest BCUT2D eigenvalue weighted by Gasteiger charge is 2.08. The summed E-state index contributed by atoms with van der Waals surface area (Å²) in [4.78, 5) is 18.9. The van der Waals surface area contributed by atoms with Crippen LogP contribution in [0, 0.1) is 0 Å². The Balaban J connectivity index is 2.61. The van der Waals surface area contributed by atoms with Crippen LogP contribution in [0.4, 0.5) is 0 Å². The molecule has 3 rings (SSSR count). The van der Waals surface area contributed by atoms with Crippen LogP contribution in [0.25, 0.3) is 28.0 Å². The molecule has 4 nitrogen and oxygen atoms in total. The molecule has 0 bridgehead atoms. The van der Waals surface area contributed by atoms with Crippen molar-refractivity contribution in [3.63, 3.8) is 0 Å². The Morgan fingerprint density at radius 1 is 1.35 bits per heavy atom. The summed E-state index contributed by atoms with van der Waals surface area (Å²) in [6.45, 7) is 1.93. The smallest absolute Gasteiger partial charge is 0.258 e. The average molecular weight is 225 g/mol. The second-order valence-corrected chi connectivity index (χ2v) is 3.84. The van der Waals surface area contributed by atoms with Crippen molar-refractivity contribution < 1.29 is 0 Å². The normalized spacial score (nSPS) is 11.8. The van der Waals surface area contributed by atoms with E-state index in [0.29, 0.717) is 5.39 Å². The van der Waals surface area contributed by atoms with Crippen LogP contribution < -0.4 is 5.56 Å². The van der Waals surface area contributed by atoms with Gasteiger partial charge in [0.2, 0.25) is 0 Å². The fraction of sp³-hybridized carbons (Fsp3) is 0.0769. The van der Waals surface area contributed by atoms with Gasteiger partial charge in [0.05, 0.1) is 22.7 Å². The summed E-state index contributed by atoms with van der Waals surface area (Å²) >= 11 is 0. The molecule has 0 radical (unpaired) electrons. The molecule has 0 spiro atoms. The first-order chi connectivity index (χ1) is 8.31. The number of nitrogens with one attached hydrogen (secondary N) is 1. The number of pyridine rings is 1. The Morgan fingerprint density at radius 3 is 3.06 bits per heavy atom. The lowest BCUT2D eigenvalue weighted by molar-refractivity contribution is 1.17. The largest absolute Gasteiger partial charge is 0.328 e. The minimum absolute atomic E-state index is 0.0839. The molecule has 3 aromatic rings. The number of imidazole rings is 1. The lowest BCUT2D eigenvalue weighted by atomic mass is 10.1. The lowest BCUT2D eigenvalue weighted by Gasteiger charge is -2.01. The van der Waals surface area contributed by atoms with Gasteiger partial charge in [0.25, 0.3) is 5.56 Å². The van der Waals surface area contributed by atoms with Gasteiger partial charge in [-0.05, 0) is 24.4 Å². The minimum Gasteiger partial charge on any atom is -0.328 e. The van der Waals surface area contributed by atoms with E-state index < -0.39 is 0 Å². The maximum atomic E-state index is 11.9. The van der Waals surface area contributed by atoms with Crippen LogP contribution in [0.1, 0.15) is 6.92 Å². The number of allylic oxidation sites excluding steroid dienone is 1. The van der Waals surface area contributed by atoms with Crippen molar-refractivity contribution in [1.29, 1.82) is 0 Å². The van der Waals surface area contributed by atoms with E-state index in [-0.39, 0.29) is 5.56 Å². The molecule has 0 aliphatic rings. The van der Waals surface area contributed by atoms with Crippen LogP contribution in [-0.2, 0) is 0 Å². The van der Waals surface area contributed by atoms with Crippen LogP contribution in [0.2, 0.25) is 0 Å². The van der Waals surface area contributed by atoms with Crippen molar-refractivity contribution in [3.05, 3.63) is 47.2 Å². The molecule has 0 fully saturated rings. The molecule has 84 valence electrons. The van der Waals surface area contributed by atoms with Gasteiger partial charge < -0.3 is 9.55 Å². The van der Waals surface area contributed by atoms with Gasteiger partial charge in [0.15, 0.2) is 0 Å². The summed E-state index contributed by atoms with van der Waals surface area (Å²) in [7, 11) is 0. The van der Waals surface area contributed by atoms with Gasteiger partial charge in [0.1, 0.15) is 0 Å². The standard InChI is InChI=1S/C13H11N3O/c1-2-7-16-8-15-10-4-3-9-5-6-14-13(17)11(9)12(10)16/h2-8H,1H3,(H,14,17). The van der Waals surface area contributed by atoms with Crippen molar-refractivity contribution in [2.45, 2.75) is 6.92 Å². The Morgan fingerprint density at radius 2 is 2.24 bits per heavy atom. The zero-order chi connectivity index (χ0) is 11.8. The van der Waals surface area contributed by atoms with Gasteiger partial charge in [-0.1, -0.05) is 12.1 Å². The summed E-state index contributed by atoms with van der Waals surface area (Å²) < 4.78 is 1.87. The van der Waals surface area contributed by atoms with E-state index >= 15 is 0 Å². The van der Waals surface area contributed by atoms with Crippen molar-refractivity contribution in [1.82, 2.24) is 14.5 Å². The number of benzene rings is 1. The van der Waals surface area contributed by atoms with E-state index in [9.17, 15) is 4.79 Å². The molecule has 0 aliphatic heterocycles. The molecular weight excluding hydrogens is 214 g/mol. The van der Waals surface area contributed by atoms with E-state index in [1.807, 2.05) is 42.0 Å². The monoisotopic (exact) mass is 225 g/mol. The predicted octanol–water partition coefficient (Wildman–Crippen LogP) is 2.37. The zero-order valence-electron chi connectivity index (χ0n) is 9.34. The molecule has 0 saturated carbocycles. The van der Waals surface area contributed by atoms with Crippen LogP contribution in [0.15, 0.2) is 41.6 Å². The van der Waals surface area contributed by atoms with Gasteiger partial charge in [-0.2, -0.15) is 0 Å². The Bertz CT molecular complexity index is 780. The van der Waals surface area contributed by atoms with Crippen LogP contribution in [0.3, 0.4) is 0 Å². The third-order valence-corrected chi connectivity index (χ3v) is 2.78. The Hall–Kier alpha value is -2.36. The second kappa shape index (κ2) is 3.59. The summed E-state index contributed by atoms with van der Waals surface area (Å²) in [5, 5.41) is 1.60. The molecule has 4 heteroatoms. The topological polar surface area (TPSA) is 50.7 Å². The van der Waals surface area contributed by atoms with Crippen molar-refractivity contribution in [2.24, 2.45) is 0 Å². The maximum absolute atomic E-state index is 11.9. The molecule has 0 atom stereocenters. The fourth-order valence-corrected chi connectivity index (χ4v) is 2.07. The molecule has 0 amide bonds. The van der Waals surface area contributed by atoms with Crippen LogP contribution in [-0.4, -0.2) is 14.5 Å². The van der Waals surface area contributed by atoms with Crippen LogP contribution >= 0.6 is 0 Å². The van der Waals surface area contributed by atoms with Crippen molar-refractivity contribution in [3.8, 4) is 0 Å². The number of aromatic amines is 1.